The van der Waals surface area contributed by atoms with Gasteiger partial charge >= 0.3 is 0 Å². The zero-order chi connectivity index (χ0) is 13.6. The molecule has 0 spiro atoms. The first kappa shape index (κ1) is 14.6. The van der Waals surface area contributed by atoms with Crippen LogP contribution >= 0.6 is 0 Å². The van der Waals surface area contributed by atoms with Gasteiger partial charge in [0.05, 0.1) is 19.4 Å². The second-order valence-corrected chi connectivity index (χ2v) is 4.95. The summed E-state index contributed by atoms with van der Waals surface area (Å²) in [5.41, 5.74) is 6.38. The Morgan fingerprint density at radius 1 is 1.33 bits per heavy atom. The van der Waals surface area contributed by atoms with Crippen LogP contribution in [0.2, 0.25) is 0 Å². The van der Waals surface area contributed by atoms with Crippen LogP contribution in [0.5, 0.6) is 5.75 Å². The van der Waals surface area contributed by atoms with Gasteiger partial charge < -0.3 is 15.2 Å². The molecular weight excluding hydrogens is 258 g/mol. The predicted octanol–water partition coefficient (Wildman–Crippen LogP) is 0.170. The molecule has 0 saturated carbocycles. The Bertz CT molecular complexity index is 490. The number of hydrogen-bond donors (Lipinski definition) is 3. The Balaban J connectivity index is 2.77. The van der Waals surface area contributed by atoms with Crippen molar-refractivity contribution in [2.24, 2.45) is 0 Å². The summed E-state index contributed by atoms with van der Waals surface area (Å²) in [6, 6.07) is 4.65. The largest absolute Gasteiger partial charge is 0.494 e. The van der Waals surface area contributed by atoms with E-state index >= 15 is 0 Å². The lowest BCUT2D eigenvalue weighted by molar-refractivity contribution is 0.204. The molecule has 1 rings (SSSR count). The van der Waals surface area contributed by atoms with E-state index in [1.807, 2.05) is 0 Å². The molecule has 0 saturated heterocycles. The lowest BCUT2D eigenvalue weighted by Gasteiger charge is -2.12. The van der Waals surface area contributed by atoms with Crippen molar-refractivity contribution in [3.8, 4) is 5.75 Å². The standard InChI is InChI=1S/C10H17N3O4S/c1-16-6-5-12-18(14,15)13-9-4-3-8(11)7-10(9)17-2/h3-4,7,12-13H,5-6,11H2,1-2H3. The van der Waals surface area contributed by atoms with Gasteiger partial charge in [0.1, 0.15) is 5.75 Å². The number of rotatable bonds is 7. The highest BCUT2D eigenvalue weighted by Crippen LogP contribution is 2.27. The van der Waals surface area contributed by atoms with Crippen LogP contribution in [-0.4, -0.2) is 35.8 Å². The Morgan fingerprint density at radius 3 is 2.67 bits per heavy atom. The fourth-order valence-corrected chi connectivity index (χ4v) is 2.13. The lowest BCUT2D eigenvalue weighted by atomic mass is 10.2. The van der Waals surface area contributed by atoms with E-state index in [4.69, 9.17) is 15.2 Å². The fraction of sp³-hybridized carbons (Fsp3) is 0.400. The van der Waals surface area contributed by atoms with Crippen LogP contribution in [0.3, 0.4) is 0 Å². The molecule has 0 bridgehead atoms. The highest BCUT2D eigenvalue weighted by atomic mass is 32.2. The molecule has 0 amide bonds. The van der Waals surface area contributed by atoms with Crippen molar-refractivity contribution in [1.29, 1.82) is 0 Å². The number of benzene rings is 1. The zero-order valence-electron chi connectivity index (χ0n) is 10.3. The van der Waals surface area contributed by atoms with Crippen molar-refractivity contribution in [2.45, 2.75) is 0 Å². The number of methoxy groups -OCH3 is 2. The van der Waals surface area contributed by atoms with Gasteiger partial charge in [-0.2, -0.15) is 13.1 Å². The molecule has 0 fully saturated rings. The van der Waals surface area contributed by atoms with Crippen molar-refractivity contribution in [3.05, 3.63) is 18.2 Å². The maximum Gasteiger partial charge on any atom is 0.299 e. The maximum absolute atomic E-state index is 11.7. The minimum absolute atomic E-state index is 0.184. The third-order valence-corrected chi connectivity index (χ3v) is 3.14. The average Bonchev–Trinajstić information content (AvgIpc) is 2.31. The summed E-state index contributed by atoms with van der Waals surface area (Å²) < 4.78 is 37.8. The quantitative estimate of drug-likeness (QED) is 0.486. The molecule has 1 aromatic rings. The first-order chi connectivity index (χ1) is 8.48. The van der Waals surface area contributed by atoms with Crippen LogP contribution in [0.15, 0.2) is 18.2 Å². The molecule has 0 atom stereocenters. The minimum atomic E-state index is -3.65. The first-order valence-corrected chi connectivity index (χ1v) is 6.66. The third kappa shape index (κ3) is 4.40. The molecule has 0 aliphatic heterocycles. The van der Waals surface area contributed by atoms with Crippen molar-refractivity contribution in [1.82, 2.24) is 4.72 Å². The summed E-state index contributed by atoms with van der Waals surface area (Å²) in [7, 11) is -0.727. The predicted molar refractivity (Wildman–Crippen MR) is 69.8 cm³/mol. The summed E-state index contributed by atoms with van der Waals surface area (Å²) in [4.78, 5) is 0. The van der Waals surface area contributed by atoms with Crippen LogP contribution in [0.1, 0.15) is 0 Å². The molecule has 18 heavy (non-hydrogen) atoms. The van der Waals surface area contributed by atoms with Crippen LogP contribution in [0, 0.1) is 0 Å². The van der Waals surface area contributed by atoms with Crippen molar-refractivity contribution < 1.29 is 17.9 Å². The molecule has 7 nitrogen and oxygen atoms in total. The number of hydrogen-bond acceptors (Lipinski definition) is 5. The van der Waals surface area contributed by atoms with Crippen LogP contribution in [-0.2, 0) is 14.9 Å². The topological polar surface area (TPSA) is 103 Å². The molecule has 0 heterocycles. The fourth-order valence-electron chi connectivity index (χ4n) is 1.25. The van der Waals surface area contributed by atoms with Gasteiger partial charge in [0.2, 0.25) is 0 Å². The molecule has 102 valence electrons. The number of anilines is 2. The highest BCUT2D eigenvalue weighted by molar-refractivity contribution is 7.90. The van der Waals surface area contributed by atoms with Gasteiger partial charge in [0.15, 0.2) is 0 Å². The molecule has 0 aliphatic carbocycles. The second kappa shape index (κ2) is 6.43. The van der Waals surface area contributed by atoms with Gasteiger partial charge in [-0.05, 0) is 12.1 Å². The van der Waals surface area contributed by atoms with Gasteiger partial charge in [-0.15, -0.1) is 0 Å². The molecule has 4 N–H and O–H groups in total. The molecule has 1 aromatic carbocycles. The summed E-state index contributed by atoms with van der Waals surface area (Å²) in [6.45, 7) is 0.475. The van der Waals surface area contributed by atoms with Gasteiger partial charge in [0, 0.05) is 25.4 Å². The van der Waals surface area contributed by atoms with Gasteiger partial charge in [-0.1, -0.05) is 0 Å². The van der Waals surface area contributed by atoms with E-state index in [1.165, 1.54) is 26.4 Å². The van der Waals surface area contributed by atoms with Gasteiger partial charge in [-0.25, -0.2) is 0 Å². The Hall–Kier alpha value is -1.51. The summed E-state index contributed by atoms with van der Waals surface area (Å²) >= 11 is 0. The Morgan fingerprint density at radius 2 is 2.06 bits per heavy atom. The molecular formula is C10H17N3O4S. The smallest absolute Gasteiger partial charge is 0.299 e. The maximum atomic E-state index is 11.7. The monoisotopic (exact) mass is 275 g/mol. The minimum Gasteiger partial charge on any atom is -0.494 e. The van der Waals surface area contributed by atoms with E-state index in [0.29, 0.717) is 23.7 Å². The average molecular weight is 275 g/mol. The van der Waals surface area contributed by atoms with Crippen LogP contribution in [0.4, 0.5) is 11.4 Å². The first-order valence-electron chi connectivity index (χ1n) is 5.18. The Kier molecular flexibility index (Phi) is 5.20. The molecule has 0 radical (unpaired) electrons. The summed E-state index contributed by atoms with van der Waals surface area (Å²) in [5.74, 6) is 0.354. The van der Waals surface area contributed by atoms with Gasteiger partial charge in [0.25, 0.3) is 10.2 Å². The molecule has 0 aromatic heterocycles. The zero-order valence-corrected chi connectivity index (χ0v) is 11.1. The number of nitrogens with one attached hydrogen (secondary N) is 2. The van der Waals surface area contributed by atoms with E-state index in [0.717, 1.165) is 0 Å². The molecule has 0 unspecified atom stereocenters. The lowest BCUT2D eigenvalue weighted by Crippen LogP contribution is -2.32. The summed E-state index contributed by atoms with van der Waals surface area (Å²) in [5, 5.41) is 0. The van der Waals surface area contributed by atoms with Crippen molar-refractivity contribution >= 4 is 21.6 Å². The van der Waals surface area contributed by atoms with E-state index < -0.39 is 10.2 Å². The van der Waals surface area contributed by atoms with E-state index in [-0.39, 0.29) is 6.54 Å². The van der Waals surface area contributed by atoms with Gasteiger partial charge in [-0.3, -0.25) is 4.72 Å². The van der Waals surface area contributed by atoms with E-state index in [2.05, 4.69) is 9.44 Å². The number of nitrogen functional groups attached to an aromatic ring is 1. The normalized spacial score (nSPS) is 11.2. The second-order valence-electron chi connectivity index (χ2n) is 3.45. The van der Waals surface area contributed by atoms with E-state index in [9.17, 15) is 8.42 Å². The molecule has 8 heteroatoms. The molecule has 0 aliphatic rings. The van der Waals surface area contributed by atoms with Crippen molar-refractivity contribution in [2.75, 3.05) is 37.8 Å². The number of ether oxygens (including phenoxy) is 2. The van der Waals surface area contributed by atoms with Crippen LogP contribution < -0.4 is 19.9 Å². The van der Waals surface area contributed by atoms with E-state index in [1.54, 1.807) is 6.07 Å². The van der Waals surface area contributed by atoms with Crippen LogP contribution in [0.25, 0.3) is 0 Å². The van der Waals surface area contributed by atoms with Crippen molar-refractivity contribution in [3.63, 3.8) is 0 Å². The highest BCUT2D eigenvalue weighted by Gasteiger charge is 2.12. The summed E-state index contributed by atoms with van der Waals surface area (Å²) in [6.07, 6.45) is 0. The SMILES string of the molecule is COCCNS(=O)(=O)Nc1ccc(N)cc1OC. The third-order valence-electron chi connectivity index (χ3n) is 2.07. The Labute approximate surface area is 106 Å². The number of nitrogens with two attached hydrogens (primary N) is 1.